The highest BCUT2D eigenvalue weighted by Crippen LogP contribution is 2.23. The average Bonchev–Trinajstić information content (AvgIpc) is 3.41. The minimum atomic E-state index is -0.919. The van der Waals surface area contributed by atoms with Crippen molar-refractivity contribution in [1.29, 1.82) is 0 Å². The van der Waals surface area contributed by atoms with E-state index >= 15 is 0 Å². The number of nitro benzene ring substituents is 1. The number of para-hydroxylation sites is 1. The van der Waals surface area contributed by atoms with Gasteiger partial charge < -0.3 is 10.2 Å². The Bertz CT molecular complexity index is 1240. The van der Waals surface area contributed by atoms with Crippen molar-refractivity contribution in [2.45, 2.75) is 57.2 Å². The maximum Gasteiger partial charge on any atom is 0.273 e. The average molecular weight is 504 g/mol. The van der Waals surface area contributed by atoms with E-state index in [0.717, 1.165) is 31.2 Å². The molecule has 192 valence electrons. The molecule has 1 N–H and O–H groups in total. The van der Waals surface area contributed by atoms with E-state index in [4.69, 9.17) is 0 Å². The molecule has 0 unspecified atom stereocenters. The third-order valence-electron chi connectivity index (χ3n) is 6.80. The third-order valence-corrected chi connectivity index (χ3v) is 6.80. The first-order valence-electron chi connectivity index (χ1n) is 12.5. The first kappa shape index (κ1) is 26.0. The van der Waals surface area contributed by atoms with Gasteiger partial charge in [-0.2, -0.15) is 0 Å². The Morgan fingerprint density at radius 2 is 1.57 bits per heavy atom. The Morgan fingerprint density at radius 3 is 2.24 bits per heavy atom. The van der Waals surface area contributed by atoms with Gasteiger partial charge in [-0.05, 0) is 24.5 Å². The molecule has 2 amide bonds. The van der Waals surface area contributed by atoms with Gasteiger partial charge in [-0.15, -0.1) is 0 Å². The highest BCUT2D eigenvalue weighted by molar-refractivity contribution is 5.89. The Kier molecular flexibility index (Phi) is 8.61. The van der Waals surface area contributed by atoms with Gasteiger partial charge in [0.2, 0.25) is 11.8 Å². The molecule has 1 atom stereocenters. The molecule has 8 heteroatoms. The number of amides is 2. The lowest BCUT2D eigenvalue weighted by atomic mass is 10.0. The fourth-order valence-corrected chi connectivity index (χ4v) is 4.83. The monoisotopic (exact) mass is 503 g/mol. The quantitative estimate of drug-likeness (QED) is 0.312. The molecule has 3 aromatic rings. The van der Waals surface area contributed by atoms with Crippen LogP contribution in [-0.4, -0.2) is 33.7 Å². The van der Waals surface area contributed by atoms with Crippen LogP contribution in [0.25, 0.3) is 0 Å². The largest absolute Gasteiger partial charge is 0.352 e. The fraction of sp³-hybridized carbons (Fsp3) is 0.310. The van der Waals surface area contributed by atoms with Gasteiger partial charge in [-0.3, -0.25) is 19.7 Å². The van der Waals surface area contributed by atoms with E-state index in [-0.39, 0.29) is 48.1 Å². The van der Waals surface area contributed by atoms with Crippen LogP contribution in [-0.2, 0) is 29.0 Å². The van der Waals surface area contributed by atoms with Crippen LogP contribution in [0, 0.1) is 15.9 Å². The predicted octanol–water partition coefficient (Wildman–Crippen LogP) is 4.98. The summed E-state index contributed by atoms with van der Waals surface area (Å²) in [5.74, 6) is -1.27. The van der Waals surface area contributed by atoms with Crippen molar-refractivity contribution in [3.05, 3.63) is 111 Å². The number of hydrogen-bond acceptors (Lipinski definition) is 4. The van der Waals surface area contributed by atoms with Crippen molar-refractivity contribution < 1.29 is 18.9 Å². The van der Waals surface area contributed by atoms with Gasteiger partial charge in [0.25, 0.3) is 5.69 Å². The summed E-state index contributed by atoms with van der Waals surface area (Å²) in [6, 6.07) is 20.6. The number of carbonyl (C=O) groups is 2. The van der Waals surface area contributed by atoms with Crippen LogP contribution in [0.3, 0.4) is 0 Å². The Balaban J connectivity index is 1.70. The summed E-state index contributed by atoms with van der Waals surface area (Å²) < 4.78 is 14.7. The third kappa shape index (κ3) is 6.78. The number of nitrogens with one attached hydrogen (secondary N) is 1. The summed E-state index contributed by atoms with van der Waals surface area (Å²) in [4.78, 5) is 39.8. The number of hydrogen-bond donors (Lipinski definition) is 1. The summed E-state index contributed by atoms with van der Waals surface area (Å²) >= 11 is 0. The molecule has 0 saturated heterocycles. The van der Waals surface area contributed by atoms with Crippen LogP contribution in [0.1, 0.15) is 42.4 Å². The Hall–Kier alpha value is -4.07. The van der Waals surface area contributed by atoms with Crippen molar-refractivity contribution in [3.8, 4) is 0 Å². The van der Waals surface area contributed by atoms with E-state index in [1.807, 2.05) is 30.3 Å². The van der Waals surface area contributed by atoms with Gasteiger partial charge in [0.15, 0.2) is 0 Å². The standard InChI is InChI=1S/C29H30FN3O4/c30-25-16-8-4-13-23(25)20-32(28(34)19-22-12-5-9-17-26(22)33(36)37)27(18-21-10-2-1-3-11-21)29(35)31-24-14-6-7-15-24/h1-5,8-13,16-17,24,27H,6-7,14-15,18-20H2,(H,31,35)/t27-/m1/s1. The summed E-state index contributed by atoms with van der Waals surface area (Å²) in [5, 5.41) is 14.6. The van der Waals surface area contributed by atoms with E-state index in [1.54, 1.807) is 24.3 Å². The predicted molar refractivity (Wildman–Crippen MR) is 138 cm³/mol. The molecule has 0 heterocycles. The van der Waals surface area contributed by atoms with Crippen molar-refractivity contribution in [2.75, 3.05) is 0 Å². The molecule has 7 nitrogen and oxygen atoms in total. The summed E-state index contributed by atoms with van der Waals surface area (Å²) in [5.41, 5.74) is 1.19. The molecule has 0 bridgehead atoms. The minimum absolute atomic E-state index is 0.0337. The van der Waals surface area contributed by atoms with Gasteiger partial charge in [-0.1, -0.05) is 79.6 Å². The summed E-state index contributed by atoms with van der Waals surface area (Å²) in [6.07, 6.45) is 3.76. The maximum atomic E-state index is 14.7. The molecule has 3 aromatic carbocycles. The van der Waals surface area contributed by atoms with Gasteiger partial charge in [0, 0.05) is 36.2 Å². The second kappa shape index (κ2) is 12.3. The highest BCUT2D eigenvalue weighted by Gasteiger charge is 2.33. The zero-order valence-electron chi connectivity index (χ0n) is 20.5. The van der Waals surface area contributed by atoms with E-state index in [9.17, 15) is 24.1 Å². The molecule has 0 radical (unpaired) electrons. The van der Waals surface area contributed by atoms with Crippen LogP contribution in [0.15, 0.2) is 78.9 Å². The van der Waals surface area contributed by atoms with Crippen LogP contribution < -0.4 is 5.32 Å². The minimum Gasteiger partial charge on any atom is -0.352 e. The van der Waals surface area contributed by atoms with Crippen molar-refractivity contribution in [2.24, 2.45) is 0 Å². The SMILES string of the molecule is O=C(NC1CCCC1)[C@@H](Cc1ccccc1)N(Cc1ccccc1F)C(=O)Cc1ccccc1[N+](=O)[O-]. The molecular formula is C29H30FN3O4. The number of nitro groups is 1. The molecule has 1 aliphatic carbocycles. The van der Waals surface area contributed by atoms with Crippen LogP contribution in [0.4, 0.5) is 10.1 Å². The first-order chi connectivity index (χ1) is 17.9. The number of benzene rings is 3. The molecule has 0 spiro atoms. The second-order valence-electron chi connectivity index (χ2n) is 9.37. The van der Waals surface area contributed by atoms with Crippen LogP contribution >= 0.6 is 0 Å². The van der Waals surface area contributed by atoms with E-state index in [0.29, 0.717) is 0 Å². The normalized spacial score (nSPS) is 14.2. The molecule has 4 rings (SSSR count). The van der Waals surface area contributed by atoms with Gasteiger partial charge in [0.1, 0.15) is 11.9 Å². The first-order valence-corrected chi connectivity index (χ1v) is 12.5. The van der Waals surface area contributed by atoms with Crippen molar-refractivity contribution in [3.63, 3.8) is 0 Å². The molecule has 0 aliphatic heterocycles. The summed E-state index contributed by atoms with van der Waals surface area (Å²) in [6.45, 7) is -0.137. The topological polar surface area (TPSA) is 92.6 Å². The molecule has 1 aliphatic rings. The molecule has 0 aromatic heterocycles. The van der Waals surface area contributed by atoms with E-state index in [2.05, 4.69) is 5.32 Å². The lowest BCUT2D eigenvalue weighted by Gasteiger charge is -2.32. The second-order valence-corrected chi connectivity index (χ2v) is 9.37. The zero-order valence-corrected chi connectivity index (χ0v) is 20.5. The van der Waals surface area contributed by atoms with Gasteiger partial charge >= 0.3 is 0 Å². The Morgan fingerprint density at radius 1 is 0.946 bits per heavy atom. The highest BCUT2D eigenvalue weighted by atomic mass is 19.1. The van der Waals surface area contributed by atoms with Crippen molar-refractivity contribution in [1.82, 2.24) is 10.2 Å². The van der Waals surface area contributed by atoms with Crippen LogP contribution in [0.2, 0.25) is 0 Å². The zero-order chi connectivity index (χ0) is 26.2. The van der Waals surface area contributed by atoms with Gasteiger partial charge in [-0.25, -0.2) is 4.39 Å². The number of rotatable bonds is 10. The van der Waals surface area contributed by atoms with Gasteiger partial charge in [0.05, 0.1) is 11.3 Å². The van der Waals surface area contributed by atoms with Crippen molar-refractivity contribution >= 4 is 17.5 Å². The fourth-order valence-electron chi connectivity index (χ4n) is 4.83. The lowest BCUT2D eigenvalue weighted by molar-refractivity contribution is -0.385. The summed E-state index contributed by atoms with van der Waals surface area (Å²) in [7, 11) is 0. The molecule has 1 saturated carbocycles. The smallest absolute Gasteiger partial charge is 0.273 e. The Labute approximate surface area is 215 Å². The lowest BCUT2D eigenvalue weighted by Crippen LogP contribution is -2.52. The molecule has 37 heavy (non-hydrogen) atoms. The number of nitrogens with zero attached hydrogens (tertiary/aromatic N) is 2. The molecule has 1 fully saturated rings. The molecular weight excluding hydrogens is 473 g/mol. The maximum absolute atomic E-state index is 14.7. The number of halogens is 1. The van der Waals surface area contributed by atoms with Crippen LogP contribution in [0.5, 0.6) is 0 Å². The van der Waals surface area contributed by atoms with E-state index < -0.39 is 22.7 Å². The number of carbonyl (C=O) groups excluding carboxylic acids is 2. The van der Waals surface area contributed by atoms with E-state index in [1.165, 1.54) is 29.2 Å².